The first-order valence-electron chi connectivity index (χ1n) is 7.47. The predicted molar refractivity (Wildman–Crippen MR) is 86.0 cm³/mol. The van der Waals surface area contributed by atoms with Gasteiger partial charge in [0.2, 0.25) is 0 Å². The second-order valence-electron chi connectivity index (χ2n) is 7.04. The van der Waals surface area contributed by atoms with Crippen LogP contribution in [-0.4, -0.2) is 16.1 Å². The standard InChI is InChI=1S/C17H21NO2S/c1-17(2,3)16-18-13-8-11(6-7-14(13)21-16)12(9-15(19)20)10-4-5-10/h6-8,10,12H,4-5,9H2,1-3H3,(H,19,20). The van der Waals surface area contributed by atoms with Gasteiger partial charge < -0.3 is 5.11 Å². The molecule has 1 atom stereocenters. The molecule has 1 unspecified atom stereocenters. The van der Waals surface area contributed by atoms with Crippen LogP contribution in [0.25, 0.3) is 10.2 Å². The molecule has 0 spiro atoms. The van der Waals surface area contributed by atoms with E-state index in [0.29, 0.717) is 5.92 Å². The highest BCUT2D eigenvalue weighted by Crippen LogP contribution is 2.45. The first-order valence-corrected chi connectivity index (χ1v) is 8.29. The fourth-order valence-electron chi connectivity index (χ4n) is 2.74. The number of benzene rings is 1. The highest BCUT2D eigenvalue weighted by Gasteiger charge is 2.34. The number of carboxylic acid groups (broad SMARTS) is 1. The molecule has 0 amide bonds. The third kappa shape index (κ3) is 3.10. The molecule has 1 N–H and O–H groups in total. The molecule has 112 valence electrons. The summed E-state index contributed by atoms with van der Waals surface area (Å²) in [6.45, 7) is 6.51. The summed E-state index contributed by atoms with van der Waals surface area (Å²) in [5.41, 5.74) is 2.21. The normalized spacial score (nSPS) is 17.1. The highest BCUT2D eigenvalue weighted by molar-refractivity contribution is 7.18. The number of carboxylic acids is 1. The second-order valence-corrected chi connectivity index (χ2v) is 8.07. The van der Waals surface area contributed by atoms with Crippen molar-refractivity contribution in [3.05, 3.63) is 28.8 Å². The number of thiazole rings is 1. The van der Waals surface area contributed by atoms with Gasteiger partial charge in [0.15, 0.2) is 0 Å². The van der Waals surface area contributed by atoms with Crippen LogP contribution >= 0.6 is 11.3 Å². The van der Waals surface area contributed by atoms with E-state index in [4.69, 9.17) is 10.1 Å². The van der Waals surface area contributed by atoms with E-state index in [1.54, 1.807) is 11.3 Å². The number of nitrogens with zero attached hydrogens (tertiary/aromatic N) is 1. The SMILES string of the molecule is CC(C)(C)c1nc2cc(C(CC(=O)O)C3CC3)ccc2s1. The van der Waals surface area contributed by atoms with Crippen molar-refractivity contribution >= 4 is 27.5 Å². The van der Waals surface area contributed by atoms with Crippen molar-refractivity contribution < 1.29 is 9.90 Å². The summed E-state index contributed by atoms with van der Waals surface area (Å²) in [5, 5.41) is 10.3. The molecule has 4 heteroatoms. The first kappa shape index (κ1) is 14.5. The number of hydrogen-bond donors (Lipinski definition) is 1. The topological polar surface area (TPSA) is 50.2 Å². The maximum atomic E-state index is 11.1. The number of carbonyl (C=O) groups is 1. The van der Waals surface area contributed by atoms with Crippen LogP contribution < -0.4 is 0 Å². The molecule has 1 heterocycles. The number of rotatable bonds is 4. The van der Waals surface area contributed by atoms with Gasteiger partial charge in [0.25, 0.3) is 0 Å². The van der Waals surface area contributed by atoms with Gasteiger partial charge in [-0.3, -0.25) is 4.79 Å². The van der Waals surface area contributed by atoms with Gasteiger partial charge >= 0.3 is 5.97 Å². The summed E-state index contributed by atoms with van der Waals surface area (Å²) in [5.74, 6) is -0.0217. The smallest absolute Gasteiger partial charge is 0.303 e. The van der Waals surface area contributed by atoms with Crippen molar-refractivity contribution in [1.29, 1.82) is 0 Å². The molecule has 0 radical (unpaired) electrons. The molecule has 3 nitrogen and oxygen atoms in total. The Balaban J connectivity index is 1.97. The molecule has 1 aliphatic rings. The van der Waals surface area contributed by atoms with Crippen molar-refractivity contribution in [1.82, 2.24) is 4.98 Å². The summed E-state index contributed by atoms with van der Waals surface area (Å²) in [7, 11) is 0. The van der Waals surface area contributed by atoms with Gasteiger partial charge in [-0.05, 0) is 42.4 Å². The van der Waals surface area contributed by atoms with Gasteiger partial charge in [0, 0.05) is 5.41 Å². The monoisotopic (exact) mass is 303 g/mol. The summed E-state index contributed by atoms with van der Waals surface area (Å²) in [6, 6.07) is 6.31. The summed E-state index contributed by atoms with van der Waals surface area (Å²) in [6.07, 6.45) is 2.53. The minimum absolute atomic E-state index is 0.0564. The van der Waals surface area contributed by atoms with Crippen LogP contribution in [-0.2, 0) is 10.2 Å². The van der Waals surface area contributed by atoms with Crippen LogP contribution in [0.5, 0.6) is 0 Å². The van der Waals surface area contributed by atoms with Crippen molar-refractivity contribution in [2.75, 3.05) is 0 Å². The molecular weight excluding hydrogens is 282 g/mol. The molecule has 1 fully saturated rings. The zero-order chi connectivity index (χ0) is 15.2. The van der Waals surface area contributed by atoms with Crippen LogP contribution in [0.3, 0.4) is 0 Å². The Morgan fingerprint density at radius 3 is 2.71 bits per heavy atom. The van der Waals surface area contributed by atoms with Crippen LogP contribution in [0.2, 0.25) is 0 Å². The number of hydrogen-bond acceptors (Lipinski definition) is 3. The second kappa shape index (κ2) is 5.09. The average Bonchev–Trinajstić information content (AvgIpc) is 3.12. The van der Waals surface area contributed by atoms with E-state index in [2.05, 4.69) is 39.0 Å². The minimum Gasteiger partial charge on any atom is -0.481 e. The fourth-order valence-corrected chi connectivity index (χ4v) is 3.74. The Labute approximate surface area is 129 Å². The molecule has 1 aromatic heterocycles. The van der Waals surface area contributed by atoms with Crippen molar-refractivity contribution in [3.8, 4) is 0 Å². The average molecular weight is 303 g/mol. The van der Waals surface area contributed by atoms with Crippen LogP contribution in [0.1, 0.15) is 56.5 Å². The Morgan fingerprint density at radius 1 is 1.43 bits per heavy atom. The molecule has 1 aliphatic carbocycles. The number of fused-ring (bicyclic) bond motifs is 1. The quantitative estimate of drug-likeness (QED) is 0.900. The lowest BCUT2D eigenvalue weighted by Gasteiger charge is -2.14. The maximum Gasteiger partial charge on any atom is 0.303 e. The third-order valence-corrected chi connectivity index (χ3v) is 5.53. The van der Waals surface area contributed by atoms with E-state index in [1.807, 2.05) is 0 Å². The van der Waals surface area contributed by atoms with E-state index in [-0.39, 0.29) is 17.8 Å². The van der Waals surface area contributed by atoms with Gasteiger partial charge in [-0.1, -0.05) is 26.8 Å². The maximum absolute atomic E-state index is 11.1. The lowest BCUT2D eigenvalue weighted by atomic mass is 9.91. The molecular formula is C17H21NO2S. The van der Waals surface area contributed by atoms with Crippen molar-refractivity contribution in [2.24, 2.45) is 5.92 Å². The molecule has 1 aromatic carbocycles. The highest BCUT2D eigenvalue weighted by atomic mass is 32.1. The fraction of sp³-hybridized carbons (Fsp3) is 0.529. The third-order valence-electron chi connectivity index (χ3n) is 4.07. The van der Waals surface area contributed by atoms with E-state index in [0.717, 1.165) is 28.9 Å². The van der Waals surface area contributed by atoms with Crippen LogP contribution in [0.4, 0.5) is 0 Å². The van der Waals surface area contributed by atoms with E-state index in [1.165, 1.54) is 4.70 Å². The van der Waals surface area contributed by atoms with Gasteiger partial charge in [0.1, 0.15) is 0 Å². The van der Waals surface area contributed by atoms with E-state index >= 15 is 0 Å². The Hall–Kier alpha value is -1.42. The summed E-state index contributed by atoms with van der Waals surface area (Å²) in [4.78, 5) is 15.9. The minimum atomic E-state index is -0.708. The molecule has 0 aliphatic heterocycles. The van der Waals surface area contributed by atoms with Gasteiger partial charge in [-0.15, -0.1) is 11.3 Å². The van der Waals surface area contributed by atoms with E-state index in [9.17, 15) is 4.79 Å². The van der Waals surface area contributed by atoms with Crippen LogP contribution in [0.15, 0.2) is 18.2 Å². The zero-order valence-electron chi connectivity index (χ0n) is 12.7. The van der Waals surface area contributed by atoms with E-state index < -0.39 is 5.97 Å². The molecule has 21 heavy (non-hydrogen) atoms. The molecule has 1 saturated carbocycles. The molecule has 0 bridgehead atoms. The number of aromatic nitrogens is 1. The molecule has 3 rings (SSSR count). The molecule has 2 aromatic rings. The van der Waals surface area contributed by atoms with Gasteiger partial charge in [-0.2, -0.15) is 0 Å². The molecule has 0 saturated heterocycles. The summed E-state index contributed by atoms with van der Waals surface area (Å²) >= 11 is 1.74. The Bertz CT molecular complexity index is 680. The van der Waals surface area contributed by atoms with Crippen molar-refractivity contribution in [3.63, 3.8) is 0 Å². The number of aliphatic carboxylic acids is 1. The lowest BCUT2D eigenvalue weighted by molar-refractivity contribution is -0.137. The van der Waals surface area contributed by atoms with Gasteiger partial charge in [-0.25, -0.2) is 4.98 Å². The first-order chi connectivity index (χ1) is 9.84. The zero-order valence-corrected chi connectivity index (χ0v) is 13.5. The Morgan fingerprint density at radius 2 is 2.14 bits per heavy atom. The predicted octanol–water partition coefficient (Wildman–Crippen LogP) is 4.56. The van der Waals surface area contributed by atoms with Crippen LogP contribution in [0, 0.1) is 5.92 Å². The summed E-state index contributed by atoms with van der Waals surface area (Å²) < 4.78 is 1.19. The Kier molecular flexibility index (Phi) is 3.52. The van der Waals surface area contributed by atoms with Gasteiger partial charge in [0.05, 0.1) is 21.6 Å². The lowest BCUT2D eigenvalue weighted by Crippen LogP contribution is -2.10. The largest absolute Gasteiger partial charge is 0.481 e. The van der Waals surface area contributed by atoms with Crippen molar-refractivity contribution in [2.45, 2.75) is 51.4 Å².